The summed E-state index contributed by atoms with van der Waals surface area (Å²) in [5.41, 5.74) is 6.11. The molecule has 2 heterocycles. The van der Waals surface area contributed by atoms with Crippen molar-refractivity contribution in [2.24, 2.45) is 5.73 Å². The number of ether oxygens (including phenoxy) is 1. The van der Waals surface area contributed by atoms with Crippen molar-refractivity contribution in [3.63, 3.8) is 0 Å². The van der Waals surface area contributed by atoms with Crippen molar-refractivity contribution >= 4 is 5.91 Å². The lowest BCUT2D eigenvalue weighted by molar-refractivity contribution is -0.154. The van der Waals surface area contributed by atoms with Gasteiger partial charge in [0, 0.05) is 30.1 Å². The lowest BCUT2D eigenvalue weighted by Crippen LogP contribution is -2.23. The number of carbonyl (C=O) groups excluding carboxylic acids is 1. The smallest absolute Gasteiger partial charge is 0.422 e. The number of nitrogens with one attached hydrogen (secondary N) is 1. The molecule has 2 aromatic heterocycles. The third-order valence-corrected chi connectivity index (χ3v) is 3.18. The molecule has 0 aromatic carbocycles. The molecule has 0 aliphatic heterocycles. The second-order valence-corrected chi connectivity index (χ2v) is 5.68. The zero-order chi connectivity index (χ0) is 20.3. The Bertz CT molecular complexity index is 695. The van der Waals surface area contributed by atoms with Crippen LogP contribution in [-0.2, 0) is 6.54 Å². The molecule has 0 aliphatic rings. The largest absolute Gasteiger partial charge is 0.468 e. The lowest BCUT2D eigenvalue weighted by atomic mass is 10.2. The Balaban J connectivity index is 0.000000646. The van der Waals surface area contributed by atoms with Crippen molar-refractivity contribution in [3.05, 3.63) is 54.0 Å². The van der Waals surface area contributed by atoms with Crippen LogP contribution in [0.4, 0.5) is 13.2 Å². The van der Waals surface area contributed by atoms with Crippen molar-refractivity contribution < 1.29 is 22.7 Å². The molecule has 0 aliphatic carbocycles. The molecule has 1 unspecified atom stereocenters. The zero-order valence-corrected chi connectivity index (χ0v) is 15.2. The molecule has 27 heavy (non-hydrogen) atoms. The molecule has 3 N–H and O–H groups in total. The maximum atomic E-state index is 12.1. The van der Waals surface area contributed by atoms with Crippen LogP contribution in [0.2, 0.25) is 0 Å². The average molecular weight is 384 g/mol. The Kier molecular flexibility index (Phi) is 9.21. The highest BCUT2D eigenvalue weighted by Gasteiger charge is 2.28. The first-order valence-electron chi connectivity index (χ1n) is 8.30. The fourth-order valence-corrected chi connectivity index (χ4v) is 1.57. The fourth-order valence-electron chi connectivity index (χ4n) is 1.57. The van der Waals surface area contributed by atoms with Gasteiger partial charge in [-0.2, -0.15) is 13.2 Å². The van der Waals surface area contributed by atoms with Crippen LogP contribution in [0.3, 0.4) is 0 Å². The maximum absolute atomic E-state index is 12.1. The third kappa shape index (κ3) is 10.1. The summed E-state index contributed by atoms with van der Waals surface area (Å²) < 4.78 is 40.8. The van der Waals surface area contributed by atoms with E-state index < -0.39 is 12.8 Å². The number of hydrogen-bond donors (Lipinski definition) is 2. The van der Waals surface area contributed by atoms with E-state index in [2.05, 4.69) is 26.9 Å². The monoisotopic (exact) mass is 384 g/mol. The van der Waals surface area contributed by atoms with E-state index in [4.69, 9.17) is 5.73 Å². The third-order valence-electron chi connectivity index (χ3n) is 3.18. The highest BCUT2D eigenvalue weighted by atomic mass is 19.4. The molecule has 0 radical (unpaired) electrons. The van der Waals surface area contributed by atoms with E-state index in [1.165, 1.54) is 24.5 Å². The number of amides is 1. The number of alkyl halides is 3. The normalized spacial score (nSPS) is 11.8. The first kappa shape index (κ1) is 22.4. The summed E-state index contributed by atoms with van der Waals surface area (Å²) in [5, 5.41) is 2.61. The molecule has 6 nitrogen and oxygen atoms in total. The van der Waals surface area contributed by atoms with Gasteiger partial charge in [0.15, 0.2) is 6.61 Å². The molecule has 9 heteroatoms. The number of rotatable bonds is 6. The molecule has 0 saturated heterocycles. The standard InChI is InChI=1S/C14H12F3N3O2.C4H11N/c15-14(16,17)9-22-12-3-1-2-11(20-12)8-19-13(21)10-4-6-18-7-5-10;1-3-4(2)5/h1-7H,8-9H2,(H,19,21);4H,3,5H2,1-2H3. The summed E-state index contributed by atoms with van der Waals surface area (Å²) >= 11 is 0. The van der Waals surface area contributed by atoms with Crippen molar-refractivity contribution in [2.75, 3.05) is 6.61 Å². The fraction of sp³-hybridized carbons (Fsp3) is 0.389. The SMILES string of the molecule is CCC(C)N.O=C(NCc1cccc(OCC(F)(F)F)n1)c1ccncc1. The van der Waals surface area contributed by atoms with E-state index in [-0.39, 0.29) is 18.3 Å². The van der Waals surface area contributed by atoms with Gasteiger partial charge in [0.1, 0.15) is 0 Å². The van der Waals surface area contributed by atoms with Gasteiger partial charge in [-0.15, -0.1) is 0 Å². The van der Waals surface area contributed by atoms with Gasteiger partial charge in [-0.1, -0.05) is 13.0 Å². The number of nitrogens with two attached hydrogens (primary N) is 1. The zero-order valence-electron chi connectivity index (χ0n) is 15.2. The van der Waals surface area contributed by atoms with Crippen LogP contribution in [0.15, 0.2) is 42.7 Å². The van der Waals surface area contributed by atoms with E-state index in [1.807, 2.05) is 6.92 Å². The Hall–Kier alpha value is -2.68. The van der Waals surface area contributed by atoms with Crippen molar-refractivity contribution in [2.45, 2.75) is 39.0 Å². The highest BCUT2D eigenvalue weighted by molar-refractivity contribution is 5.93. The van der Waals surface area contributed by atoms with Gasteiger partial charge in [-0.25, -0.2) is 4.98 Å². The van der Waals surface area contributed by atoms with Crippen LogP contribution in [0.1, 0.15) is 36.3 Å². The molecule has 2 aromatic rings. The molecule has 0 spiro atoms. The second-order valence-electron chi connectivity index (χ2n) is 5.68. The van der Waals surface area contributed by atoms with Gasteiger partial charge < -0.3 is 15.8 Å². The molecule has 0 bridgehead atoms. The Morgan fingerprint density at radius 3 is 2.44 bits per heavy atom. The van der Waals surface area contributed by atoms with Gasteiger partial charge in [0.05, 0.1) is 12.2 Å². The average Bonchev–Trinajstić information content (AvgIpc) is 2.65. The number of hydrogen-bond acceptors (Lipinski definition) is 5. The van der Waals surface area contributed by atoms with Crippen LogP contribution in [0, 0.1) is 0 Å². The van der Waals surface area contributed by atoms with Crippen LogP contribution >= 0.6 is 0 Å². The van der Waals surface area contributed by atoms with E-state index in [0.29, 0.717) is 17.3 Å². The first-order valence-corrected chi connectivity index (χ1v) is 8.30. The van der Waals surface area contributed by atoms with Gasteiger partial charge in [0.25, 0.3) is 5.91 Å². The predicted molar refractivity (Wildman–Crippen MR) is 95.1 cm³/mol. The summed E-state index contributed by atoms with van der Waals surface area (Å²) in [5.74, 6) is -0.473. The summed E-state index contributed by atoms with van der Waals surface area (Å²) in [7, 11) is 0. The van der Waals surface area contributed by atoms with E-state index in [9.17, 15) is 18.0 Å². The van der Waals surface area contributed by atoms with Gasteiger partial charge in [-0.05, 0) is 31.5 Å². The van der Waals surface area contributed by atoms with Crippen molar-refractivity contribution in [1.82, 2.24) is 15.3 Å². The van der Waals surface area contributed by atoms with E-state index >= 15 is 0 Å². The lowest BCUT2D eigenvalue weighted by Gasteiger charge is -2.09. The summed E-state index contributed by atoms with van der Waals surface area (Å²) in [6, 6.07) is 7.88. The van der Waals surface area contributed by atoms with Crippen molar-refractivity contribution in [3.8, 4) is 5.88 Å². The summed E-state index contributed by atoms with van der Waals surface area (Å²) in [6.45, 7) is 2.74. The van der Waals surface area contributed by atoms with E-state index in [0.717, 1.165) is 6.42 Å². The molecular formula is C18H23F3N4O2. The number of carbonyl (C=O) groups is 1. The minimum absolute atomic E-state index is 0.0738. The molecule has 1 amide bonds. The van der Waals surface area contributed by atoms with Crippen LogP contribution < -0.4 is 15.8 Å². The first-order chi connectivity index (χ1) is 12.7. The Morgan fingerprint density at radius 2 is 1.89 bits per heavy atom. The number of nitrogens with zero attached hydrogens (tertiary/aromatic N) is 2. The summed E-state index contributed by atoms with van der Waals surface area (Å²) in [4.78, 5) is 19.5. The highest BCUT2D eigenvalue weighted by Crippen LogP contribution is 2.17. The van der Waals surface area contributed by atoms with Crippen LogP contribution in [-0.4, -0.2) is 34.7 Å². The minimum Gasteiger partial charge on any atom is -0.468 e. The molecular weight excluding hydrogens is 361 g/mol. The number of aromatic nitrogens is 2. The second kappa shape index (κ2) is 11.1. The van der Waals surface area contributed by atoms with Crippen molar-refractivity contribution in [1.29, 1.82) is 0 Å². The molecule has 0 saturated carbocycles. The maximum Gasteiger partial charge on any atom is 0.422 e. The molecule has 2 rings (SSSR count). The Labute approximate surface area is 156 Å². The molecule has 1 atom stereocenters. The number of pyridine rings is 2. The number of halogens is 3. The van der Waals surface area contributed by atoms with Gasteiger partial charge in [0.2, 0.25) is 5.88 Å². The Morgan fingerprint density at radius 1 is 1.26 bits per heavy atom. The van der Waals surface area contributed by atoms with Crippen LogP contribution in [0.5, 0.6) is 5.88 Å². The van der Waals surface area contributed by atoms with Gasteiger partial charge in [-0.3, -0.25) is 9.78 Å². The quantitative estimate of drug-likeness (QED) is 0.799. The van der Waals surface area contributed by atoms with E-state index in [1.54, 1.807) is 18.2 Å². The summed E-state index contributed by atoms with van der Waals surface area (Å²) in [6.07, 6.45) is -0.370. The predicted octanol–water partition coefficient (Wildman–Crippen LogP) is 3.09. The van der Waals surface area contributed by atoms with Crippen LogP contribution in [0.25, 0.3) is 0 Å². The topological polar surface area (TPSA) is 90.1 Å². The van der Waals surface area contributed by atoms with Gasteiger partial charge >= 0.3 is 6.18 Å². The molecule has 0 fully saturated rings. The minimum atomic E-state index is -4.42. The molecule has 148 valence electrons.